The minimum Gasteiger partial charge on any atom is -0.482 e. The van der Waals surface area contributed by atoms with Gasteiger partial charge in [-0.3, -0.25) is 14.5 Å². The fourth-order valence-electron chi connectivity index (χ4n) is 3.18. The minimum atomic E-state index is -0.205. The summed E-state index contributed by atoms with van der Waals surface area (Å²) in [5.41, 5.74) is 2.58. The van der Waals surface area contributed by atoms with Crippen LogP contribution in [-0.2, 0) is 15.0 Å². The third-order valence-electron chi connectivity index (χ3n) is 4.75. The van der Waals surface area contributed by atoms with Gasteiger partial charge < -0.3 is 9.64 Å². The average Bonchev–Trinajstić information content (AvgIpc) is 2.64. The molecule has 0 spiro atoms. The van der Waals surface area contributed by atoms with E-state index in [-0.39, 0.29) is 30.4 Å². The van der Waals surface area contributed by atoms with Crippen molar-refractivity contribution in [2.75, 3.05) is 29.5 Å². The number of likely N-dealkylation sites (N-methyl/N-ethyl adjacent to an activating group) is 1. The number of fused-ring (bicyclic) bond motifs is 1. The zero-order valence-corrected chi connectivity index (χ0v) is 16.4. The summed E-state index contributed by atoms with van der Waals surface area (Å²) in [5.74, 6) is 0.325. The zero-order chi connectivity index (χ0) is 19.6. The van der Waals surface area contributed by atoms with Crippen LogP contribution in [0.3, 0.4) is 0 Å². The van der Waals surface area contributed by atoms with Crippen molar-refractivity contribution in [2.24, 2.45) is 0 Å². The van der Waals surface area contributed by atoms with Crippen molar-refractivity contribution in [1.29, 1.82) is 0 Å². The summed E-state index contributed by atoms with van der Waals surface area (Å²) in [6.45, 7) is 8.79. The van der Waals surface area contributed by atoms with Crippen LogP contribution in [0.5, 0.6) is 5.75 Å². The van der Waals surface area contributed by atoms with Crippen molar-refractivity contribution in [3.05, 3.63) is 54.1 Å². The lowest BCUT2D eigenvalue weighted by molar-refractivity contribution is -0.124. The smallest absolute Gasteiger partial charge is 0.265 e. The van der Waals surface area contributed by atoms with Gasteiger partial charge >= 0.3 is 0 Å². The van der Waals surface area contributed by atoms with Crippen molar-refractivity contribution >= 4 is 23.2 Å². The van der Waals surface area contributed by atoms with Gasteiger partial charge in [0.1, 0.15) is 12.3 Å². The fraction of sp³-hybridized carbons (Fsp3) is 0.364. The Morgan fingerprint density at radius 2 is 1.85 bits per heavy atom. The fourth-order valence-corrected chi connectivity index (χ4v) is 3.18. The third kappa shape index (κ3) is 3.97. The Bertz CT molecular complexity index is 840. The first-order valence-corrected chi connectivity index (χ1v) is 9.24. The number of hydrogen-bond donors (Lipinski definition) is 0. The molecule has 27 heavy (non-hydrogen) atoms. The van der Waals surface area contributed by atoms with Gasteiger partial charge in [-0.05, 0) is 42.2 Å². The van der Waals surface area contributed by atoms with Gasteiger partial charge in [-0.1, -0.05) is 45.0 Å². The van der Waals surface area contributed by atoms with Crippen molar-refractivity contribution in [3.8, 4) is 5.75 Å². The first-order chi connectivity index (χ1) is 12.8. The predicted octanol–water partition coefficient (Wildman–Crippen LogP) is 3.76. The molecule has 1 heterocycles. The molecular weight excluding hydrogens is 340 g/mol. The number of rotatable bonds is 4. The summed E-state index contributed by atoms with van der Waals surface area (Å²) >= 11 is 0. The highest BCUT2D eigenvalue weighted by atomic mass is 16.5. The van der Waals surface area contributed by atoms with Crippen LogP contribution < -0.4 is 14.5 Å². The number of amides is 2. The molecule has 0 atom stereocenters. The van der Waals surface area contributed by atoms with Crippen LogP contribution in [0.15, 0.2) is 48.5 Å². The van der Waals surface area contributed by atoms with Gasteiger partial charge in [-0.2, -0.15) is 0 Å². The monoisotopic (exact) mass is 366 g/mol. The molecule has 0 aromatic heterocycles. The Balaban J connectivity index is 1.87. The second-order valence-electron chi connectivity index (χ2n) is 7.67. The Kier molecular flexibility index (Phi) is 5.22. The van der Waals surface area contributed by atoms with Crippen molar-refractivity contribution in [3.63, 3.8) is 0 Å². The molecule has 5 nitrogen and oxygen atoms in total. The van der Waals surface area contributed by atoms with E-state index in [4.69, 9.17) is 4.74 Å². The van der Waals surface area contributed by atoms with E-state index in [9.17, 15) is 9.59 Å². The van der Waals surface area contributed by atoms with E-state index < -0.39 is 0 Å². The Morgan fingerprint density at radius 1 is 1.15 bits per heavy atom. The van der Waals surface area contributed by atoms with Crippen molar-refractivity contribution in [1.82, 2.24) is 0 Å². The summed E-state index contributed by atoms with van der Waals surface area (Å²) in [5, 5.41) is 0. The molecule has 2 aromatic rings. The Labute approximate surface area is 160 Å². The van der Waals surface area contributed by atoms with Crippen LogP contribution in [0.1, 0.15) is 33.3 Å². The first kappa shape index (κ1) is 19.0. The molecule has 5 heteroatoms. The van der Waals surface area contributed by atoms with Gasteiger partial charge in [0, 0.05) is 12.2 Å². The zero-order valence-electron chi connectivity index (χ0n) is 16.4. The first-order valence-electron chi connectivity index (χ1n) is 9.24. The summed E-state index contributed by atoms with van der Waals surface area (Å²) in [6, 6.07) is 15.3. The Morgan fingerprint density at radius 3 is 2.48 bits per heavy atom. The summed E-state index contributed by atoms with van der Waals surface area (Å²) in [4.78, 5) is 28.6. The highest BCUT2D eigenvalue weighted by molar-refractivity contribution is 6.05. The lowest BCUT2D eigenvalue weighted by Crippen LogP contribution is -2.46. The van der Waals surface area contributed by atoms with Crippen LogP contribution >= 0.6 is 0 Å². The number of anilines is 2. The van der Waals surface area contributed by atoms with Crippen LogP contribution in [0.4, 0.5) is 11.4 Å². The van der Waals surface area contributed by atoms with Crippen LogP contribution in [0.2, 0.25) is 0 Å². The summed E-state index contributed by atoms with van der Waals surface area (Å²) in [6.07, 6.45) is 0. The number of carbonyl (C=O) groups excluding carboxylic acids is 2. The molecule has 142 valence electrons. The maximum atomic E-state index is 12.9. The normalized spacial score (nSPS) is 13.8. The molecule has 0 bridgehead atoms. The van der Waals surface area contributed by atoms with E-state index in [0.29, 0.717) is 18.0 Å². The van der Waals surface area contributed by atoms with Gasteiger partial charge in [0.15, 0.2) is 6.61 Å². The second-order valence-corrected chi connectivity index (χ2v) is 7.67. The number of hydrogen-bond acceptors (Lipinski definition) is 3. The Hall–Kier alpha value is -2.82. The molecule has 0 radical (unpaired) electrons. The van der Waals surface area contributed by atoms with Crippen LogP contribution in [0, 0.1) is 0 Å². The van der Waals surface area contributed by atoms with Crippen LogP contribution in [-0.4, -0.2) is 31.5 Å². The van der Waals surface area contributed by atoms with E-state index in [1.807, 2.05) is 55.5 Å². The SMILES string of the molecule is CCN(C(=O)CN1C(=O)COc2cc(C(C)(C)C)ccc21)c1ccccc1. The molecule has 0 N–H and O–H groups in total. The third-order valence-corrected chi connectivity index (χ3v) is 4.75. The van der Waals surface area contributed by atoms with Gasteiger partial charge in [-0.25, -0.2) is 0 Å². The molecule has 3 rings (SSSR count). The molecule has 1 aliphatic rings. The highest BCUT2D eigenvalue weighted by Gasteiger charge is 2.30. The number of carbonyl (C=O) groups is 2. The maximum absolute atomic E-state index is 12.9. The standard InChI is InChI=1S/C22H26N2O3/c1-5-23(17-9-7-6-8-10-17)20(25)14-24-18-12-11-16(22(2,3)4)13-19(18)27-15-21(24)26/h6-13H,5,14-15H2,1-4H3. The molecule has 0 saturated heterocycles. The highest BCUT2D eigenvalue weighted by Crippen LogP contribution is 2.36. The van der Waals surface area contributed by atoms with Crippen molar-refractivity contribution < 1.29 is 14.3 Å². The summed E-state index contributed by atoms with van der Waals surface area (Å²) < 4.78 is 5.64. The quantitative estimate of drug-likeness (QED) is 0.828. The molecule has 1 aliphatic heterocycles. The van der Waals surface area contributed by atoms with Crippen LogP contribution in [0.25, 0.3) is 0 Å². The topological polar surface area (TPSA) is 49.9 Å². The number of benzene rings is 2. The van der Waals surface area contributed by atoms with Gasteiger partial charge in [0.2, 0.25) is 5.91 Å². The lowest BCUT2D eigenvalue weighted by Gasteiger charge is -2.32. The van der Waals surface area contributed by atoms with Gasteiger partial charge in [0.05, 0.1) is 5.69 Å². The number of para-hydroxylation sites is 1. The van der Waals surface area contributed by atoms with E-state index in [1.54, 1.807) is 4.90 Å². The molecule has 0 fully saturated rings. The van der Waals surface area contributed by atoms with Crippen molar-refractivity contribution in [2.45, 2.75) is 33.1 Å². The van der Waals surface area contributed by atoms with E-state index >= 15 is 0 Å². The van der Waals surface area contributed by atoms with Gasteiger partial charge in [-0.15, -0.1) is 0 Å². The second kappa shape index (κ2) is 7.43. The molecule has 0 saturated carbocycles. The molecule has 2 amide bonds. The molecule has 2 aromatic carbocycles. The number of ether oxygens (including phenoxy) is 1. The average molecular weight is 366 g/mol. The summed E-state index contributed by atoms with van der Waals surface area (Å²) in [7, 11) is 0. The molecule has 0 aliphatic carbocycles. The predicted molar refractivity (Wildman–Crippen MR) is 107 cm³/mol. The molecular formula is C22H26N2O3. The van der Waals surface area contributed by atoms with Gasteiger partial charge in [0.25, 0.3) is 5.91 Å². The maximum Gasteiger partial charge on any atom is 0.265 e. The van der Waals surface area contributed by atoms with E-state index in [2.05, 4.69) is 20.8 Å². The lowest BCUT2D eigenvalue weighted by atomic mass is 9.86. The molecule has 0 unspecified atom stereocenters. The van der Waals surface area contributed by atoms with E-state index in [1.165, 1.54) is 4.90 Å². The van der Waals surface area contributed by atoms with E-state index in [0.717, 1.165) is 11.3 Å². The number of nitrogens with zero attached hydrogens (tertiary/aromatic N) is 2. The largest absolute Gasteiger partial charge is 0.482 e. The minimum absolute atomic E-state index is 0.00715.